The van der Waals surface area contributed by atoms with Crippen LogP contribution in [0.1, 0.15) is 17.8 Å². The second-order valence-corrected chi connectivity index (χ2v) is 4.72. The first kappa shape index (κ1) is 9.21. The van der Waals surface area contributed by atoms with Gasteiger partial charge in [0.25, 0.3) is 0 Å². The summed E-state index contributed by atoms with van der Waals surface area (Å²) in [6, 6.07) is 0.467. The third kappa shape index (κ3) is 1.79. The second kappa shape index (κ2) is 3.80. The molecule has 0 amide bonds. The highest BCUT2D eigenvalue weighted by atomic mass is 35.5. The lowest BCUT2D eigenvalue weighted by molar-refractivity contribution is 0.735. The quantitative estimate of drug-likeness (QED) is 0.711. The maximum Gasteiger partial charge on any atom is 0.208 e. The predicted molar refractivity (Wildman–Crippen MR) is 55.7 cm³/mol. The summed E-state index contributed by atoms with van der Waals surface area (Å²) in [5.41, 5.74) is 0. The van der Waals surface area contributed by atoms with Crippen molar-refractivity contribution in [3.63, 3.8) is 0 Å². The van der Waals surface area contributed by atoms with Crippen molar-refractivity contribution in [2.24, 2.45) is 0 Å². The van der Waals surface area contributed by atoms with E-state index in [1.807, 2.05) is 6.92 Å². The second-order valence-electron chi connectivity index (χ2n) is 3.25. The Kier molecular flexibility index (Phi) is 2.69. The Bertz CT molecular complexity index is 289. The summed E-state index contributed by atoms with van der Waals surface area (Å²) < 4.78 is 0. The molecule has 13 heavy (non-hydrogen) atoms. The Morgan fingerprint density at radius 3 is 3.08 bits per heavy atom. The molecule has 1 aromatic rings. The molecule has 0 saturated carbocycles. The summed E-state index contributed by atoms with van der Waals surface area (Å²) in [5.74, 6) is 0.693. The van der Waals surface area contributed by atoms with E-state index in [1.165, 1.54) is 12.8 Å². The molecule has 5 heteroatoms. The van der Waals surface area contributed by atoms with Crippen molar-refractivity contribution in [3.8, 4) is 0 Å². The minimum atomic E-state index is 0.467. The number of halogens is 1. The van der Waals surface area contributed by atoms with Gasteiger partial charge in [0.15, 0.2) is 0 Å². The van der Waals surface area contributed by atoms with E-state index in [9.17, 15) is 0 Å². The molecule has 2 rings (SSSR count). The lowest BCUT2D eigenvalue weighted by atomic mass is 10.2. The summed E-state index contributed by atoms with van der Waals surface area (Å²) in [4.78, 5) is 2.28. The molecule has 1 atom stereocenters. The zero-order chi connectivity index (χ0) is 9.26. The molecule has 1 saturated heterocycles. The van der Waals surface area contributed by atoms with Crippen LogP contribution in [0.15, 0.2) is 0 Å². The van der Waals surface area contributed by atoms with Crippen LogP contribution < -0.4 is 4.90 Å². The lowest BCUT2D eigenvalue weighted by Crippen LogP contribution is -2.30. The third-order valence-electron chi connectivity index (χ3n) is 2.32. The maximum atomic E-state index is 5.87. The molecule has 1 aliphatic heterocycles. The highest BCUT2D eigenvalue weighted by molar-refractivity contribution is 7.15. The zero-order valence-electron chi connectivity index (χ0n) is 7.53. The van der Waals surface area contributed by atoms with Crippen molar-refractivity contribution in [3.05, 3.63) is 5.01 Å². The molecule has 1 aliphatic rings. The fourth-order valence-electron chi connectivity index (χ4n) is 1.65. The van der Waals surface area contributed by atoms with Gasteiger partial charge in [0, 0.05) is 18.5 Å². The number of rotatable bonds is 2. The van der Waals surface area contributed by atoms with Gasteiger partial charge in [-0.05, 0) is 19.8 Å². The van der Waals surface area contributed by atoms with E-state index in [0.717, 1.165) is 16.7 Å². The van der Waals surface area contributed by atoms with Gasteiger partial charge in [0.05, 0.1) is 0 Å². The van der Waals surface area contributed by atoms with E-state index in [-0.39, 0.29) is 0 Å². The largest absolute Gasteiger partial charge is 0.342 e. The highest BCUT2D eigenvalue weighted by Crippen LogP contribution is 2.28. The Morgan fingerprint density at radius 2 is 2.46 bits per heavy atom. The monoisotopic (exact) mass is 217 g/mol. The number of hydrogen-bond acceptors (Lipinski definition) is 4. The molecule has 1 unspecified atom stereocenters. The fraction of sp³-hybridized carbons (Fsp3) is 0.750. The van der Waals surface area contributed by atoms with Crippen molar-refractivity contribution >= 4 is 28.1 Å². The number of aromatic nitrogens is 2. The summed E-state index contributed by atoms with van der Waals surface area (Å²) in [6.45, 7) is 3.05. The van der Waals surface area contributed by atoms with Crippen LogP contribution in [0, 0.1) is 6.92 Å². The van der Waals surface area contributed by atoms with Gasteiger partial charge in [0.2, 0.25) is 5.13 Å². The van der Waals surface area contributed by atoms with Gasteiger partial charge in [-0.2, -0.15) is 0 Å². The molecule has 0 N–H and O–H groups in total. The number of aryl methyl sites for hydroxylation is 1. The molecule has 0 bridgehead atoms. The van der Waals surface area contributed by atoms with Crippen LogP contribution in [0.4, 0.5) is 5.13 Å². The molecule has 2 heterocycles. The first-order chi connectivity index (χ1) is 6.31. The molecule has 0 aromatic carbocycles. The van der Waals surface area contributed by atoms with Crippen molar-refractivity contribution in [1.29, 1.82) is 0 Å². The van der Waals surface area contributed by atoms with Gasteiger partial charge in [-0.25, -0.2) is 0 Å². The van der Waals surface area contributed by atoms with E-state index in [4.69, 9.17) is 11.6 Å². The lowest BCUT2D eigenvalue weighted by Gasteiger charge is -2.20. The van der Waals surface area contributed by atoms with Crippen molar-refractivity contribution in [1.82, 2.24) is 10.2 Å². The number of anilines is 1. The molecular formula is C8H12ClN3S. The fourth-order valence-corrected chi connectivity index (χ4v) is 2.76. The van der Waals surface area contributed by atoms with E-state index in [0.29, 0.717) is 11.9 Å². The molecule has 72 valence electrons. The third-order valence-corrected chi connectivity index (χ3v) is 3.55. The van der Waals surface area contributed by atoms with E-state index < -0.39 is 0 Å². The van der Waals surface area contributed by atoms with Gasteiger partial charge >= 0.3 is 0 Å². The van der Waals surface area contributed by atoms with Gasteiger partial charge in [-0.3, -0.25) is 0 Å². The van der Waals surface area contributed by atoms with Crippen LogP contribution in [0.3, 0.4) is 0 Å². The molecule has 0 spiro atoms. The van der Waals surface area contributed by atoms with E-state index in [2.05, 4.69) is 15.1 Å². The predicted octanol–water partition coefficient (Wildman–Crippen LogP) is 2.05. The Morgan fingerprint density at radius 1 is 1.62 bits per heavy atom. The summed E-state index contributed by atoms with van der Waals surface area (Å²) >= 11 is 7.52. The number of nitrogens with zero attached hydrogens (tertiary/aromatic N) is 3. The van der Waals surface area contributed by atoms with Gasteiger partial charge in [-0.1, -0.05) is 11.3 Å². The van der Waals surface area contributed by atoms with E-state index in [1.54, 1.807) is 11.3 Å². The van der Waals surface area contributed by atoms with Gasteiger partial charge in [-0.15, -0.1) is 21.8 Å². The van der Waals surface area contributed by atoms with Crippen LogP contribution in [0.5, 0.6) is 0 Å². The standard InChI is InChI=1S/C8H12ClN3S/c1-6-10-11-8(13-6)12-4-2-3-7(12)5-9/h7H,2-5H2,1H3. The van der Waals surface area contributed by atoms with Crippen molar-refractivity contribution in [2.45, 2.75) is 25.8 Å². The molecule has 1 aromatic heterocycles. The van der Waals surface area contributed by atoms with Gasteiger partial charge < -0.3 is 4.90 Å². The normalized spacial score (nSPS) is 22.6. The van der Waals surface area contributed by atoms with Crippen LogP contribution in [0.2, 0.25) is 0 Å². The summed E-state index contributed by atoms with van der Waals surface area (Å²) in [7, 11) is 0. The van der Waals surface area contributed by atoms with Crippen LogP contribution in [-0.2, 0) is 0 Å². The van der Waals surface area contributed by atoms with E-state index >= 15 is 0 Å². The molecule has 3 nitrogen and oxygen atoms in total. The molecule has 1 fully saturated rings. The van der Waals surface area contributed by atoms with Crippen LogP contribution >= 0.6 is 22.9 Å². The summed E-state index contributed by atoms with van der Waals surface area (Å²) in [6.07, 6.45) is 2.40. The molecular weight excluding hydrogens is 206 g/mol. The first-order valence-electron chi connectivity index (χ1n) is 4.44. The van der Waals surface area contributed by atoms with Crippen molar-refractivity contribution in [2.75, 3.05) is 17.3 Å². The highest BCUT2D eigenvalue weighted by Gasteiger charge is 2.25. The topological polar surface area (TPSA) is 29.0 Å². The number of hydrogen-bond donors (Lipinski definition) is 0. The van der Waals surface area contributed by atoms with Crippen molar-refractivity contribution < 1.29 is 0 Å². The SMILES string of the molecule is Cc1nnc(N2CCCC2CCl)s1. The van der Waals surface area contributed by atoms with Crippen LogP contribution in [-0.4, -0.2) is 28.7 Å². The molecule has 0 aliphatic carbocycles. The summed E-state index contributed by atoms with van der Waals surface area (Å²) in [5, 5.41) is 10.2. The number of alkyl halides is 1. The first-order valence-corrected chi connectivity index (χ1v) is 5.79. The minimum Gasteiger partial charge on any atom is -0.342 e. The minimum absolute atomic E-state index is 0.467. The Balaban J connectivity index is 2.15. The zero-order valence-corrected chi connectivity index (χ0v) is 9.11. The van der Waals surface area contributed by atoms with Crippen LogP contribution in [0.25, 0.3) is 0 Å². The Labute approximate surface area is 86.7 Å². The Hall–Kier alpha value is -0.350. The average Bonchev–Trinajstić information content (AvgIpc) is 2.71. The smallest absolute Gasteiger partial charge is 0.208 e. The average molecular weight is 218 g/mol. The maximum absolute atomic E-state index is 5.87. The molecule has 0 radical (unpaired) electrons. The van der Waals surface area contributed by atoms with Gasteiger partial charge in [0.1, 0.15) is 5.01 Å².